The number of hydrogen-bond acceptors (Lipinski definition) is 2. The van der Waals surface area contributed by atoms with E-state index in [0.717, 1.165) is 112 Å². The summed E-state index contributed by atoms with van der Waals surface area (Å²) in [6.07, 6.45) is 3.59. The largest absolute Gasteiger partial charge is 0.308 e. The monoisotopic (exact) mass is 1110 g/mol. The summed E-state index contributed by atoms with van der Waals surface area (Å²) >= 11 is 0. The lowest BCUT2D eigenvalue weighted by atomic mass is 9.66. The molecule has 2 atom stereocenters. The van der Waals surface area contributed by atoms with Crippen LogP contribution < -0.4 is 9.80 Å². The molecule has 0 aliphatic heterocycles. The predicted octanol–water partition coefficient (Wildman–Crippen LogP) is 20.7. The number of benzene rings is 11. The van der Waals surface area contributed by atoms with Crippen molar-refractivity contribution in [3.8, 4) is 22.3 Å². The van der Waals surface area contributed by atoms with E-state index in [2.05, 4.69) is 126 Å². The van der Waals surface area contributed by atoms with Gasteiger partial charge in [0, 0.05) is 22.7 Å². The summed E-state index contributed by atoms with van der Waals surface area (Å²) in [5.41, 5.74) is 16.8. The molecule has 2 unspecified atom stereocenters. The van der Waals surface area contributed by atoms with Crippen LogP contribution in [0, 0.1) is 62.6 Å². The Morgan fingerprint density at radius 2 is 0.679 bits per heavy atom. The molecule has 8 heteroatoms. The lowest BCUT2D eigenvalue weighted by molar-refractivity contribution is 0.448. The lowest BCUT2D eigenvalue weighted by Crippen LogP contribution is -2.30. The summed E-state index contributed by atoms with van der Waals surface area (Å²) in [7, 11) is 0. The van der Waals surface area contributed by atoms with Crippen LogP contribution >= 0.6 is 0 Å². The summed E-state index contributed by atoms with van der Waals surface area (Å²) in [5.74, 6) is -8.85. The Morgan fingerprint density at radius 1 is 0.321 bits per heavy atom. The molecule has 0 amide bonds. The quantitative estimate of drug-likeness (QED) is 0.0889. The van der Waals surface area contributed by atoms with Crippen LogP contribution in [-0.4, -0.2) is 0 Å². The van der Waals surface area contributed by atoms with Crippen molar-refractivity contribution in [3.05, 3.63) is 344 Å². The van der Waals surface area contributed by atoms with Crippen molar-refractivity contribution in [1.82, 2.24) is 0 Å². The van der Waals surface area contributed by atoms with E-state index in [4.69, 9.17) is 0 Å². The van der Waals surface area contributed by atoms with Crippen LogP contribution in [-0.2, 0) is 10.8 Å². The van der Waals surface area contributed by atoms with E-state index in [1.807, 2.05) is 84.9 Å². The molecule has 0 N–H and O–H groups in total. The number of hydrogen-bond donors (Lipinski definition) is 0. The summed E-state index contributed by atoms with van der Waals surface area (Å²) in [6, 6.07) is 68.3. The third kappa shape index (κ3) is 8.10. The fourth-order valence-corrected chi connectivity index (χ4v) is 13.3. The van der Waals surface area contributed by atoms with Gasteiger partial charge in [0.25, 0.3) is 0 Å². The van der Waals surface area contributed by atoms with Crippen molar-refractivity contribution < 1.29 is 26.3 Å². The smallest absolute Gasteiger partial charge is 0.196 e. The highest BCUT2D eigenvalue weighted by molar-refractivity contribution is 5.92. The zero-order valence-electron chi connectivity index (χ0n) is 46.5. The molecular formula is C76H54F6N2. The van der Waals surface area contributed by atoms with E-state index in [9.17, 15) is 0 Å². The first-order valence-corrected chi connectivity index (χ1v) is 27.8. The van der Waals surface area contributed by atoms with Crippen molar-refractivity contribution in [3.63, 3.8) is 0 Å². The normalized spacial score (nSPS) is 15.5. The van der Waals surface area contributed by atoms with Gasteiger partial charge in [-0.3, -0.25) is 0 Å². The van der Waals surface area contributed by atoms with Crippen molar-refractivity contribution in [2.24, 2.45) is 0 Å². The molecule has 0 spiro atoms. The van der Waals surface area contributed by atoms with Crippen LogP contribution in [0.2, 0.25) is 0 Å². The maximum absolute atomic E-state index is 16.8. The highest BCUT2D eigenvalue weighted by Crippen LogP contribution is 2.60. The van der Waals surface area contributed by atoms with E-state index >= 15 is 26.3 Å². The van der Waals surface area contributed by atoms with E-state index in [1.54, 1.807) is 36.4 Å². The molecular weight excluding hydrogens is 1050 g/mol. The lowest BCUT2D eigenvalue weighted by Gasteiger charge is -2.36. The zero-order chi connectivity index (χ0) is 58.3. The first-order valence-electron chi connectivity index (χ1n) is 27.8. The third-order valence-electron chi connectivity index (χ3n) is 17.2. The summed E-state index contributed by atoms with van der Waals surface area (Å²) in [4.78, 5) is 3.07. The molecule has 0 saturated heterocycles. The third-order valence-corrected chi connectivity index (χ3v) is 17.2. The Balaban J connectivity index is 1.03. The number of halogens is 6. The SMILES string of the molecule is C=Cc1ccc(C2(c3cc(C)ccc3C)c3ccccc3-c3ccc(N(c4ccc(N(c5ccc6c(c5)C(c5ccc(C=C)cc5)(c5cc(C)ccc5C)c5ccccc5-6)c5ccc(F)c(F)c5F)cc4)c4ccc(F)c(F)c4F)cc32)cc1. The molecule has 410 valence electrons. The number of aryl methyl sites for hydroxylation is 4. The van der Waals surface area contributed by atoms with E-state index in [0.29, 0.717) is 22.7 Å². The van der Waals surface area contributed by atoms with Gasteiger partial charge in [-0.2, -0.15) is 0 Å². The summed E-state index contributed by atoms with van der Waals surface area (Å²) in [5, 5.41) is 0. The van der Waals surface area contributed by atoms with Gasteiger partial charge >= 0.3 is 0 Å². The molecule has 0 radical (unpaired) electrons. The summed E-state index contributed by atoms with van der Waals surface area (Å²) in [6.45, 7) is 16.3. The molecule has 11 aromatic carbocycles. The number of nitrogens with zero attached hydrogens (tertiary/aromatic N) is 2. The summed E-state index contributed by atoms with van der Waals surface area (Å²) < 4.78 is 95.3. The molecule has 2 nitrogen and oxygen atoms in total. The molecule has 0 aromatic heterocycles. The van der Waals surface area contributed by atoms with E-state index < -0.39 is 45.7 Å². The van der Waals surface area contributed by atoms with Crippen LogP contribution in [0.4, 0.5) is 60.5 Å². The Hall–Kier alpha value is -9.92. The second kappa shape index (κ2) is 20.5. The Bertz CT molecular complexity index is 4200. The fraction of sp³-hybridized carbons (Fsp3) is 0.0789. The Kier molecular flexibility index (Phi) is 13.0. The molecule has 11 aromatic rings. The predicted molar refractivity (Wildman–Crippen MR) is 329 cm³/mol. The molecule has 13 rings (SSSR count). The topological polar surface area (TPSA) is 6.48 Å². The minimum atomic E-state index is -1.65. The van der Waals surface area contributed by atoms with Crippen LogP contribution in [0.5, 0.6) is 0 Å². The van der Waals surface area contributed by atoms with Crippen molar-refractivity contribution in [2.75, 3.05) is 9.80 Å². The van der Waals surface area contributed by atoms with Gasteiger partial charge in [-0.25, -0.2) is 26.3 Å². The maximum Gasteiger partial charge on any atom is 0.196 e. The van der Waals surface area contributed by atoms with Crippen LogP contribution in [0.1, 0.15) is 77.9 Å². The minimum absolute atomic E-state index is 0.282. The van der Waals surface area contributed by atoms with Gasteiger partial charge in [0.2, 0.25) is 0 Å². The average Bonchev–Trinajstić information content (AvgIpc) is 1.63. The Morgan fingerprint density at radius 3 is 1.06 bits per heavy atom. The van der Waals surface area contributed by atoms with Gasteiger partial charge < -0.3 is 9.80 Å². The van der Waals surface area contributed by atoms with Gasteiger partial charge in [0.15, 0.2) is 34.9 Å². The van der Waals surface area contributed by atoms with Crippen LogP contribution in [0.25, 0.3) is 34.4 Å². The van der Waals surface area contributed by atoms with Crippen LogP contribution in [0.15, 0.2) is 232 Å². The molecule has 2 aliphatic carbocycles. The number of anilines is 6. The van der Waals surface area contributed by atoms with Gasteiger partial charge in [0.1, 0.15) is 0 Å². The second-order valence-electron chi connectivity index (χ2n) is 21.9. The highest BCUT2D eigenvalue weighted by atomic mass is 19.2. The zero-order valence-corrected chi connectivity index (χ0v) is 46.5. The van der Waals surface area contributed by atoms with Gasteiger partial charge in [0.05, 0.1) is 22.2 Å². The van der Waals surface area contributed by atoms with Crippen molar-refractivity contribution in [2.45, 2.75) is 38.5 Å². The molecule has 0 bridgehead atoms. The fourth-order valence-electron chi connectivity index (χ4n) is 13.3. The van der Waals surface area contributed by atoms with Crippen molar-refractivity contribution >= 4 is 46.3 Å². The second-order valence-corrected chi connectivity index (χ2v) is 21.9. The minimum Gasteiger partial charge on any atom is -0.308 e. The molecule has 0 heterocycles. The van der Waals surface area contributed by atoms with Crippen LogP contribution in [0.3, 0.4) is 0 Å². The Labute approximate surface area is 485 Å². The van der Waals surface area contributed by atoms with Crippen molar-refractivity contribution in [1.29, 1.82) is 0 Å². The standard InChI is InChI=1S/C76H54F6N2/c1-7-49-21-25-51(26-22-49)75(63-41-45(3)17-19-47(63)5)61-15-11-9-13-57(61)59-35-33-55(43-65(59)75)83(69-39-37-67(77)71(79)73(69)81)53-29-31-54(32-30-53)84(70-40-38-68(78)72(80)74(70)82)56-34-36-60-58-14-10-12-16-62(58)76(66(60)44-56,52-27-23-50(8-2)24-28-52)64-42-46(4)18-20-48(64)6/h7-44H,1-2H2,3-6H3. The number of rotatable bonds is 12. The first-order chi connectivity index (χ1) is 40.7. The first kappa shape index (κ1) is 53.4. The maximum atomic E-state index is 16.8. The average molecular weight is 1110 g/mol. The van der Waals surface area contributed by atoms with Gasteiger partial charge in [-0.15, -0.1) is 0 Å². The molecule has 84 heavy (non-hydrogen) atoms. The van der Waals surface area contributed by atoms with E-state index in [-0.39, 0.29) is 11.4 Å². The molecule has 2 aliphatic rings. The molecule has 0 saturated carbocycles. The molecule has 0 fully saturated rings. The van der Waals surface area contributed by atoms with Gasteiger partial charge in [-0.1, -0.05) is 182 Å². The van der Waals surface area contributed by atoms with Gasteiger partial charge in [-0.05, 0) is 190 Å². The number of fused-ring (bicyclic) bond motifs is 6. The van der Waals surface area contributed by atoms with E-state index in [1.165, 1.54) is 21.9 Å². The highest BCUT2D eigenvalue weighted by Gasteiger charge is 2.49.